The second kappa shape index (κ2) is 7.87. The number of aromatic nitrogens is 1. The lowest BCUT2D eigenvalue weighted by atomic mass is 10.1. The summed E-state index contributed by atoms with van der Waals surface area (Å²) in [5.41, 5.74) is 3.08. The van der Waals surface area contributed by atoms with Crippen molar-refractivity contribution in [2.24, 2.45) is 0 Å². The van der Waals surface area contributed by atoms with Gasteiger partial charge in [0.15, 0.2) is 11.2 Å². The minimum absolute atomic E-state index is 0.243. The van der Waals surface area contributed by atoms with Crippen molar-refractivity contribution in [2.75, 3.05) is 5.32 Å². The molecule has 2 rings (SSSR count). The van der Waals surface area contributed by atoms with E-state index < -0.39 is 12.1 Å². The molecule has 0 spiro atoms. The smallest absolute Gasteiger partial charge is 0.306 e. The van der Waals surface area contributed by atoms with Crippen LogP contribution in [0.15, 0.2) is 29.6 Å². The highest BCUT2D eigenvalue weighted by Crippen LogP contribution is 2.25. The Hall–Kier alpha value is -2.21. The van der Waals surface area contributed by atoms with Gasteiger partial charge in [0.05, 0.1) is 5.69 Å². The van der Waals surface area contributed by atoms with E-state index in [0.29, 0.717) is 5.13 Å². The Bertz CT molecular complexity index is 679. The molecule has 0 aliphatic heterocycles. The number of esters is 1. The van der Waals surface area contributed by atoms with Crippen LogP contribution >= 0.6 is 11.3 Å². The molecular weight excluding hydrogens is 312 g/mol. The summed E-state index contributed by atoms with van der Waals surface area (Å²) in [5, 5.41) is 5.05. The molecule has 1 unspecified atom stereocenters. The van der Waals surface area contributed by atoms with Crippen molar-refractivity contribution in [1.82, 2.24) is 4.98 Å². The Morgan fingerprint density at radius 3 is 2.57 bits per heavy atom. The molecular formula is C17H20N2O3S. The number of nitrogens with zero attached hydrogens (tertiary/aromatic N) is 1. The normalized spacial score (nSPS) is 11.8. The first-order valence-corrected chi connectivity index (χ1v) is 8.46. The van der Waals surface area contributed by atoms with E-state index in [0.717, 1.165) is 17.7 Å². The summed E-state index contributed by atoms with van der Waals surface area (Å²) in [6.45, 7) is 5.34. The number of amides is 1. The third kappa shape index (κ3) is 4.63. The van der Waals surface area contributed by atoms with E-state index >= 15 is 0 Å². The molecule has 1 N–H and O–H groups in total. The standard InChI is InChI=1S/C17H20N2O3S/c1-4-12-6-8-13(9-7-12)14-10-23-17(18-14)19-16(21)11(3)22-15(20)5-2/h6-11H,4-5H2,1-3H3,(H,18,19,21). The van der Waals surface area contributed by atoms with E-state index in [-0.39, 0.29) is 12.3 Å². The Labute approximate surface area is 139 Å². The molecule has 1 heterocycles. The molecule has 0 bridgehead atoms. The van der Waals surface area contributed by atoms with Gasteiger partial charge in [-0.15, -0.1) is 11.3 Å². The summed E-state index contributed by atoms with van der Waals surface area (Å²) in [7, 11) is 0. The molecule has 1 amide bonds. The Balaban J connectivity index is 2.01. The molecule has 0 saturated heterocycles. The molecule has 1 aromatic heterocycles. The first-order chi connectivity index (χ1) is 11.0. The van der Waals surface area contributed by atoms with Gasteiger partial charge < -0.3 is 4.74 Å². The summed E-state index contributed by atoms with van der Waals surface area (Å²) in [5.74, 6) is -0.780. The monoisotopic (exact) mass is 332 g/mol. The Morgan fingerprint density at radius 1 is 1.26 bits per heavy atom. The zero-order chi connectivity index (χ0) is 16.8. The van der Waals surface area contributed by atoms with Crippen LogP contribution in [-0.4, -0.2) is 23.0 Å². The van der Waals surface area contributed by atoms with Crippen LogP contribution in [0.3, 0.4) is 0 Å². The quantitative estimate of drug-likeness (QED) is 0.820. The van der Waals surface area contributed by atoms with E-state index in [1.807, 2.05) is 17.5 Å². The molecule has 0 aliphatic carbocycles. The molecule has 23 heavy (non-hydrogen) atoms. The molecule has 1 aromatic carbocycles. The maximum absolute atomic E-state index is 12.0. The van der Waals surface area contributed by atoms with Gasteiger partial charge in [-0.3, -0.25) is 14.9 Å². The Kier molecular flexibility index (Phi) is 5.87. The number of carbonyl (C=O) groups excluding carboxylic acids is 2. The highest BCUT2D eigenvalue weighted by atomic mass is 32.1. The van der Waals surface area contributed by atoms with E-state index in [1.54, 1.807) is 13.8 Å². The minimum Gasteiger partial charge on any atom is -0.453 e. The van der Waals surface area contributed by atoms with Gasteiger partial charge in [0.2, 0.25) is 0 Å². The molecule has 1 atom stereocenters. The molecule has 2 aromatic rings. The molecule has 0 radical (unpaired) electrons. The van der Waals surface area contributed by atoms with Crippen LogP contribution in [0.25, 0.3) is 11.3 Å². The van der Waals surface area contributed by atoms with E-state index in [2.05, 4.69) is 29.4 Å². The lowest BCUT2D eigenvalue weighted by Gasteiger charge is -2.11. The van der Waals surface area contributed by atoms with Crippen molar-refractivity contribution < 1.29 is 14.3 Å². The van der Waals surface area contributed by atoms with Crippen LogP contribution in [-0.2, 0) is 20.7 Å². The van der Waals surface area contributed by atoms with Crippen LogP contribution < -0.4 is 5.32 Å². The number of benzene rings is 1. The van der Waals surface area contributed by atoms with Crippen molar-refractivity contribution in [3.63, 3.8) is 0 Å². The van der Waals surface area contributed by atoms with Gasteiger partial charge in [0.25, 0.3) is 5.91 Å². The number of carbonyl (C=O) groups is 2. The average Bonchev–Trinajstić information content (AvgIpc) is 3.03. The van der Waals surface area contributed by atoms with Gasteiger partial charge in [-0.05, 0) is 18.9 Å². The van der Waals surface area contributed by atoms with E-state index in [9.17, 15) is 9.59 Å². The number of rotatable bonds is 6. The molecule has 0 saturated carbocycles. The van der Waals surface area contributed by atoms with Crippen LogP contribution in [0.2, 0.25) is 0 Å². The summed E-state index contributed by atoms with van der Waals surface area (Å²) >= 11 is 1.34. The van der Waals surface area contributed by atoms with Gasteiger partial charge in [-0.25, -0.2) is 4.98 Å². The first-order valence-electron chi connectivity index (χ1n) is 7.58. The fourth-order valence-electron chi connectivity index (χ4n) is 1.92. The zero-order valence-corrected chi connectivity index (χ0v) is 14.3. The Morgan fingerprint density at radius 2 is 1.96 bits per heavy atom. The summed E-state index contributed by atoms with van der Waals surface area (Å²) in [6, 6.07) is 8.18. The van der Waals surface area contributed by atoms with E-state index in [4.69, 9.17) is 4.74 Å². The SMILES string of the molecule is CCC(=O)OC(C)C(=O)Nc1nc(-c2ccc(CC)cc2)cs1. The van der Waals surface area contributed by atoms with Gasteiger partial charge in [-0.1, -0.05) is 38.1 Å². The predicted molar refractivity (Wildman–Crippen MR) is 91.4 cm³/mol. The summed E-state index contributed by atoms with van der Waals surface area (Å²) < 4.78 is 4.98. The van der Waals surface area contributed by atoms with Crippen LogP contribution in [0, 0.1) is 0 Å². The van der Waals surface area contributed by atoms with Gasteiger partial charge in [0, 0.05) is 17.4 Å². The number of aryl methyl sites for hydroxylation is 1. The maximum atomic E-state index is 12.0. The fraction of sp³-hybridized carbons (Fsp3) is 0.353. The number of thiazole rings is 1. The molecule has 0 aliphatic rings. The first kappa shape index (κ1) is 17.1. The van der Waals surface area contributed by atoms with Crippen LogP contribution in [0.5, 0.6) is 0 Å². The van der Waals surface area contributed by atoms with E-state index in [1.165, 1.54) is 16.9 Å². The van der Waals surface area contributed by atoms with Crippen molar-refractivity contribution in [2.45, 2.75) is 39.7 Å². The average molecular weight is 332 g/mol. The molecule has 6 heteroatoms. The maximum Gasteiger partial charge on any atom is 0.306 e. The number of nitrogens with one attached hydrogen (secondary N) is 1. The lowest BCUT2D eigenvalue weighted by molar-refractivity contribution is -0.152. The third-order valence-corrected chi connectivity index (χ3v) is 4.12. The summed E-state index contributed by atoms with van der Waals surface area (Å²) in [6.07, 6.45) is 0.401. The predicted octanol–water partition coefficient (Wildman–Crippen LogP) is 3.65. The highest BCUT2D eigenvalue weighted by Gasteiger charge is 2.18. The second-order valence-electron chi connectivity index (χ2n) is 5.06. The van der Waals surface area contributed by atoms with Gasteiger partial charge >= 0.3 is 5.97 Å². The summed E-state index contributed by atoms with van der Waals surface area (Å²) in [4.78, 5) is 27.6. The fourth-order valence-corrected chi connectivity index (χ4v) is 2.64. The number of hydrogen-bond donors (Lipinski definition) is 1. The van der Waals surface area contributed by atoms with Crippen molar-refractivity contribution >= 4 is 28.3 Å². The molecule has 0 fully saturated rings. The van der Waals surface area contributed by atoms with Crippen molar-refractivity contribution in [3.05, 3.63) is 35.2 Å². The largest absolute Gasteiger partial charge is 0.453 e. The number of anilines is 1. The third-order valence-electron chi connectivity index (χ3n) is 3.36. The number of ether oxygens (including phenoxy) is 1. The van der Waals surface area contributed by atoms with Crippen molar-refractivity contribution in [1.29, 1.82) is 0 Å². The van der Waals surface area contributed by atoms with Crippen molar-refractivity contribution in [3.8, 4) is 11.3 Å². The topological polar surface area (TPSA) is 68.3 Å². The lowest BCUT2D eigenvalue weighted by Crippen LogP contribution is -2.29. The van der Waals surface area contributed by atoms with Crippen LogP contribution in [0.4, 0.5) is 5.13 Å². The van der Waals surface area contributed by atoms with Gasteiger partial charge in [0.1, 0.15) is 0 Å². The van der Waals surface area contributed by atoms with Crippen LogP contribution in [0.1, 0.15) is 32.8 Å². The molecule has 5 nitrogen and oxygen atoms in total. The second-order valence-corrected chi connectivity index (χ2v) is 5.92. The number of hydrogen-bond acceptors (Lipinski definition) is 5. The van der Waals surface area contributed by atoms with Gasteiger partial charge in [-0.2, -0.15) is 0 Å². The highest BCUT2D eigenvalue weighted by molar-refractivity contribution is 7.14. The minimum atomic E-state index is -0.835. The zero-order valence-electron chi connectivity index (χ0n) is 13.5. The molecule has 122 valence electrons.